The molecular formula is C11H14BrFN2. The Kier molecular flexibility index (Phi) is 2.96. The highest BCUT2D eigenvalue weighted by Crippen LogP contribution is 2.31. The quantitative estimate of drug-likeness (QED) is 0.769. The van der Waals surface area contributed by atoms with Gasteiger partial charge in [-0.15, -0.1) is 0 Å². The first-order chi connectivity index (χ1) is 7.13. The van der Waals surface area contributed by atoms with Gasteiger partial charge in [0.1, 0.15) is 16.1 Å². The summed E-state index contributed by atoms with van der Waals surface area (Å²) in [6.45, 7) is 3.12. The smallest absolute Gasteiger partial charge is 0.129 e. The van der Waals surface area contributed by atoms with Crippen molar-refractivity contribution in [2.24, 2.45) is 0 Å². The summed E-state index contributed by atoms with van der Waals surface area (Å²) in [4.78, 5) is 6.34. The van der Waals surface area contributed by atoms with Crippen LogP contribution in [0.1, 0.15) is 19.8 Å². The summed E-state index contributed by atoms with van der Waals surface area (Å²) in [6.07, 6.45) is 1.19. The minimum Gasteiger partial charge on any atom is -0.353 e. The van der Waals surface area contributed by atoms with E-state index in [0.29, 0.717) is 19.4 Å². The molecule has 15 heavy (non-hydrogen) atoms. The molecule has 1 aliphatic heterocycles. The van der Waals surface area contributed by atoms with E-state index in [4.69, 9.17) is 0 Å². The third-order valence-corrected chi connectivity index (χ3v) is 3.40. The normalized spacial score (nSPS) is 25.9. The molecule has 0 bridgehead atoms. The minimum absolute atomic E-state index is 0.465. The molecular weight excluding hydrogens is 259 g/mol. The molecule has 1 aliphatic rings. The Labute approximate surface area is 97.6 Å². The second-order valence-corrected chi connectivity index (χ2v) is 4.81. The molecule has 2 rings (SSSR count). The number of anilines is 1. The third kappa shape index (κ3) is 2.30. The maximum absolute atomic E-state index is 14.0. The predicted molar refractivity (Wildman–Crippen MR) is 62.9 cm³/mol. The highest BCUT2D eigenvalue weighted by Gasteiger charge is 2.36. The molecule has 1 unspecified atom stereocenters. The lowest BCUT2D eigenvalue weighted by molar-refractivity contribution is 0.186. The first-order valence-electron chi connectivity index (χ1n) is 5.19. The Morgan fingerprint density at radius 3 is 3.00 bits per heavy atom. The maximum Gasteiger partial charge on any atom is 0.129 e. The summed E-state index contributed by atoms with van der Waals surface area (Å²) in [6, 6.07) is 5.73. The number of halogens is 2. The molecule has 1 atom stereocenters. The van der Waals surface area contributed by atoms with Crippen LogP contribution in [-0.2, 0) is 0 Å². The Balaban J connectivity index is 2.14. The molecule has 0 saturated carbocycles. The van der Waals surface area contributed by atoms with Gasteiger partial charge in [-0.25, -0.2) is 9.37 Å². The van der Waals surface area contributed by atoms with Crippen LogP contribution in [0.5, 0.6) is 0 Å². The average Bonchev–Trinajstić information content (AvgIpc) is 2.62. The van der Waals surface area contributed by atoms with Gasteiger partial charge in [-0.3, -0.25) is 0 Å². The number of alkyl halides is 1. The summed E-state index contributed by atoms with van der Waals surface area (Å²) in [7, 11) is 0. The first-order valence-corrected chi connectivity index (χ1v) is 5.99. The zero-order valence-electron chi connectivity index (χ0n) is 8.71. The molecule has 82 valence electrons. The molecule has 4 heteroatoms. The van der Waals surface area contributed by atoms with E-state index >= 15 is 0 Å². The molecule has 0 aromatic carbocycles. The molecule has 0 radical (unpaired) electrons. The van der Waals surface area contributed by atoms with Crippen molar-refractivity contribution in [1.29, 1.82) is 0 Å². The number of aromatic nitrogens is 1. The van der Waals surface area contributed by atoms with Crippen LogP contribution in [0.4, 0.5) is 10.2 Å². The van der Waals surface area contributed by atoms with E-state index in [9.17, 15) is 4.39 Å². The summed E-state index contributed by atoms with van der Waals surface area (Å²) < 4.78 is 14.8. The van der Waals surface area contributed by atoms with Gasteiger partial charge in [0.25, 0.3) is 0 Å². The molecule has 0 N–H and O–H groups in total. The van der Waals surface area contributed by atoms with E-state index in [1.165, 1.54) is 0 Å². The summed E-state index contributed by atoms with van der Waals surface area (Å²) in [5.41, 5.74) is -1.02. The van der Waals surface area contributed by atoms with Gasteiger partial charge in [0.15, 0.2) is 0 Å². The Hall–Kier alpha value is -0.640. The van der Waals surface area contributed by atoms with E-state index in [-0.39, 0.29) is 0 Å². The van der Waals surface area contributed by atoms with Gasteiger partial charge in [-0.1, -0.05) is 13.0 Å². The number of nitrogens with zero attached hydrogens (tertiary/aromatic N) is 2. The van der Waals surface area contributed by atoms with Gasteiger partial charge < -0.3 is 4.90 Å². The van der Waals surface area contributed by atoms with Crippen molar-refractivity contribution >= 4 is 21.7 Å². The van der Waals surface area contributed by atoms with Gasteiger partial charge in [0.05, 0.1) is 6.54 Å². The first kappa shape index (κ1) is 10.9. The van der Waals surface area contributed by atoms with Crippen molar-refractivity contribution < 1.29 is 4.39 Å². The van der Waals surface area contributed by atoms with Crippen LogP contribution in [0, 0.1) is 0 Å². The molecule has 1 saturated heterocycles. The van der Waals surface area contributed by atoms with E-state index in [0.717, 1.165) is 17.0 Å². The van der Waals surface area contributed by atoms with Crippen molar-refractivity contribution in [3.8, 4) is 0 Å². The van der Waals surface area contributed by atoms with Crippen LogP contribution in [0.25, 0.3) is 0 Å². The van der Waals surface area contributed by atoms with Crippen LogP contribution in [0.2, 0.25) is 0 Å². The molecule has 1 fully saturated rings. The number of pyridine rings is 1. The summed E-state index contributed by atoms with van der Waals surface area (Å²) in [5.74, 6) is 0.859. The lowest BCUT2D eigenvalue weighted by atomic mass is 10.0. The van der Waals surface area contributed by atoms with Crippen LogP contribution in [-0.4, -0.2) is 23.7 Å². The Morgan fingerprint density at radius 1 is 1.60 bits per heavy atom. The lowest BCUT2D eigenvalue weighted by Crippen LogP contribution is -2.28. The maximum atomic E-state index is 14.0. The number of rotatable bonds is 2. The van der Waals surface area contributed by atoms with Crippen molar-refractivity contribution in [2.45, 2.75) is 25.4 Å². The highest BCUT2D eigenvalue weighted by atomic mass is 79.9. The van der Waals surface area contributed by atoms with Crippen molar-refractivity contribution in [3.63, 3.8) is 0 Å². The molecule has 0 aliphatic carbocycles. The second kappa shape index (κ2) is 4.08. The van der Waals surface area contributed by atoms with Crippen LogP contribution < -0.4 is 4.90 Å². The topological polar surface area (TPSA) is 16.1 Å². The summed E-state index contributed by atoms with van der Waals surface area (Å²) >= 11 is 3.32. The molecule has 0 spiro atoms. The van der Waals surface area contributed by atoms with Crippen molar-refractivity contribution in [2.75, 3.05) is 18.0 Å². The number of hydrogen-bond acceptors (Lipinski definition) is 2. The van der Waals surface area contributed by atoms with Crippen molar-refractivity contribution in [3.05, 3.63) is 22.8 Å². The molecule has 1 aromatic rings. The highest BCUT2D eigenvalue weighted by molar-refractivity contribution is 9.10. The zero-order chi connectivity index (χ0) is 10.9. The Bertz CT molecular complexity index is 358. The van der Waals surface area contributed by atoms with Crippen LogP contribution >= 0.6 is 15.9 Å². The zero-order valence-corrected chi connectivity index (χ0v) is 10.3. The molecule has 2 heterocycles. The Morgan fingerprint density at radius 2 is 2.40 bits per heavy atom. The lowest BCUT2D eigenvalue weighted by Gasteiger charge is -2.20. The predicted octanol–water partition coefficient (Wildman–Crippen LogP) is 3.17. The largest absolute Gasteiger partial charge is 0.353 e. The van der Waals surface area contributed by atoms with E-state index in [1.807, 2.05) is 30.0 Å². The fourth-order valence-electron chi connectivity index (χ4n) is 1.89. The average molecular weight is 273 g/mol. The van der Waals surface area contributed by atoms with Crippen molar-refractivity contribution in [1.82, 2.24) is 4.98 Å². The van der Waals surface area contributed by atoms with Crippen LogP contribution in [0.15, 0.2) is 22.8 Å². The standard InChI is InChI=1S/C11H14BrFN2/c1-2-11(13)6-7-15(8-11)10-5-3-4-9(12)14-10/h3-5H,2,6-8H2,1H3. The van der Waals surface area contributed by atoms with E-state index < -0.39 is 5.67 Å². The molecule has 1 aromatic heterocycles. The monoisotopic (exact) mass is 272 g/mol. The van der Waals surface area contributed by atoms with Gasteiger partial charge in [-0.05, 0) is 34.5 Å². The van der Waals surface area contributed by atoms with E-state index in [2.05, 4.69) is 20.9 Å². The fraction of sp³-hybridized carbons (Fsp3) is 0.545. The van der Waals surface area contributed by atoms with Gasteiger partial charge in [0, 0.05) is 13.0 Å². The SMILES string of the molecule is CCC1(F)CCN(c2cccc(Br)n2)C1. The van der Waals surface area contributed by atoms with Crippen LogP contribution in [0.3, 0.4) is 0 Å². The molecule has 2 nitrogen and oxygen atoms in total. The van der Waals surface area contributed by atoms with Gasteiger partial charge >= 0.3 is 0 Å². The van der Waals surface area contributed by atoms with Gasteiger partial charge in [0.2, 0.25) is 0 Å². The summed E-state index contributed by atoms with van der Waals surface area (Å²) in [5, 5.41) is 0. The second-order valence-electron chi connectivity index (χ2n) is 3.99. The molecule has 0 amide bonds. The number of hydrogen-bond donors (Lipinski definition) is 0. The minimum atomic E-state index is -1.02. The third-order valence-electron chi connectivity index (χ3n) is 2.96. The fourth-order valence-corrected chi connectivity index (χ4v) is 2.23. The van der Waals surface area contributed by atoms with E-state index in [1.54, 1.807) is 0 Å². The van der Waals surface area contributed by atoms with Gasteiger partial charge in [-0.2, -0.15) is 0 Å².